The Kier molecular flexibility index (Phi) is 5.99. The van der Waals surface area contributed by atoms with E-state index in [4.69, 9.17) is 9.47 Å². The van der Waals surface area contributed by atoms with Gasteiger partial charge in [0.1, 0.15) is 0 Å². The quantitative estimate of drug-likeness (QED) is 0.819. The van der Waals surface area contributed by atoms with Crippen LogP contribution in [-0.2, 0) is 14.3 Å². The third-order valence-electron chi connectivity index (χ3n) is 6.12. The van der Waals surface area contributed by atoms with Crippen molar-refractivity contribution in [2.24, 2.45) is 0 Å². The summed E-state index contributed by atoms with van der Waals surface area (Å²) >= 11 is 0. The molecule has 1 spiro atoms. The molecule has 1 amide bonds. The Labute approximate surface area is 173 Å². The molecule has 2 fully saturated rings. The SMILES string of the molecule is CC(C)c1ccc(NC(=O)C(c2ccccc2)[NH+]2CCC3(CC2)OCCO3)cc1. The number of piperidine rings is 1. The maximum atomic E-state index is 13.3. The van der Waals surface area contributed by atoms with Gasteiger partial charge >= 0.3 is 0 Å². The highest BCUT2D eigenvalue weighted by atomic mass is 16.7. The van der Waals surface area contributed by atoms with E-state index in [2.05, 4.69) is 31.3 Å². The number of carbonyl (C=O) groups excluding carboxylic acids is 1. The van der Waals surface area contributed by atoms with Crippen molar-refractivity contribution < 1.29 is 19.2 Å². The summed E-state index contributed by atoms with van der Waals surface area (Å²) in [6.07, 6.45) is 1.64. The van der Waals surface area contributed by atoms with Gasteiger partial charge in [-0.2, -0.15) is 0 Å². The first kappa shape index (κ1) is 20.1. The van der Waals surface area contributed by atoms with Crippen LogP contribution in [0.4, 0.5) is 5.69 Å². The van der Waals surface area contributed by atoms with Crippen LogP contribution in [0.1, 0.15) is 49.8 Å². The molecule has 1 unspecified atom stereocenters. The lowest BCUT2D eigenvalue weighted by Gasteiger charge is -2.38. The number of hydrogen-bond donors (Lipinski definition) is 2. The van der Waals surface area contributed by atoms with E-state index < -0.39 is 5.79 Å². The first-order chi connectivity index (χ1) is 14.1. The van der Waals surface area contributed by atoms with Crippen LogP contribution in [0.5, 0.6) is 0 Å². The minimum atomic E-state index is -0.423. The standard InChI is InChI=1S/C24H30N2O3/c1-18(2)19-8-10-21(11-9-19)25-23(27)22(20-6-4-3-5-7-20)26-14-12-24(13-15-26)28-16-17-29-24/h3-11,18,22H,12-17H2,1-2H3,(H,25,27)/p+1. The van der Waals surface area contributed by atoms with Gasteiger partial charge in [-0.15, -0.1) is 0 Å². The van der Waals surface area contributed by atoms with Crippen molar-refractivity contribution >= 4 is 11.6 Å². The van der Waals surface area contributed by atoms with Crippen molar-refractivity contribution in [1.29, 1.82) is 0 Å². The molecule has 2 heterocycles. The largest absolute Gasteiger partial charge is 0.347 e. The fourth-order valence-corrected chi connectivity index (χ4v) is 4.41. The van der Waals surface area contributed by atoms with Gasteiger partial charge in [0.2, 0.25) is 0 Å². The van der Waals surface area contributed by atoms with Crippen molar-refractivity contribution in [3.05, 3.63) is 65.7 Å². The lowest BCUT2D eigenvalue weighted by atomic mass is 9.97. The minimum absolute atomic E-state index is 0.0349. The zero-order chi connectivity index (χ0) is 20.3. The normalized spacial score (nSPS) is 20.1. The molecular weight excluding hydrogens is 364 g/mol. The topological polar surface area (TPSA) is 52.0 Å². The third kappa shape index (κ3) is 4.53. The average Bonchev–Trinajstić information content (AvgIpc) is 3.19. The molecule has 2 aromatic rings. The zero-order valence-corrected chi connectivity index (χ0v) is 17.3. The van der Waals surface area contributed by atoms with Crippen molar-refractivity contribution in [2.75, 3.05) is 31.6 Å². The van der Waals surface area contributed by atoms with Crippen LogP contribution < -0.4 is 10.2 Å². The molecule has 5 heteroatoms. The Bertz CT molecular complexity index is 804. The number of likely N-dealkylation sites (tertiary alicyclic amines) is 1. The lowest BCUT2D eigenvalue weighted by molar-refractivity contribution is -0.930. The highest BCUT2D eigenvalue weighted by Gasteiger charge is 2.45. The molecule has 29 heavy (non-hydrogen) atoms. The molecule has 1 atom stereocenters. The van der Waals surface area contributed by atoms with Gasteiger partial charge < -0.3 is 19.7 Å². The fraction of sp³-hybridized carbons (Fsp3) is 0.458. The highest BCUT2D eigenvalue weighted by Crippen LogP contribution is 2.28. The minimum Gasteiger partial charge on any atom is -0.347 e. The first-order valence-electron chi connectivity index (χ1n) is 10.6. The first-order valence-corrected chi connectivity index (χ1v) is 10.6. The Morgan fingerprint density at radius 2 is 1.55 bits per heavy atom. The van der Waals surface area contributed by atoms with E-state index in [1.165, 1.54) is 10.5 Å². The number of hydrogen-bond acceptors (Lipinski definition) is 3. The number of ether oxygens (including phenoxy) is 2. The number of rotatable bonds is 5. The van der Waals surface area contributed by atoms with Crippen LogP contribution in [0.25, 0.3) is 0 Å². The molecule has 0 aromatic heterocycles. The van der Waals surface area contributed by atoms with Gasteiger partial charge in [-0.3, -0.25) is 4.79 Å². The van der Waals surface area contributed by atoms with Crippen LogP contribution in [0.15, 0.2) is 54.6 Å². The number of amides is 1. The maximum Gasteiger partial charge on any atom is 0.287 e. The summed E-state index contributed by atoms with van der Waals surface area (Å²) in [6.45, 7) is 7.37. The number of benzene rings is 2. The molecule has 2 aliphatic rings. The van der Waals surface area contributed by atoms with Crippen LogP contribution >= 0.6 is 0 Å². The smallest absolute Gasteiger partial charge is 0.287 e. The number of carbonyl (C=O) groups is 1. The van der Waals surface area contributed by atoms with Crippen molar-refractivity contribution in [3.8, 4) is 0 Å². The summed E-state index contributed by atoms with van der Waals surface area (Å²) in [4.78, 5) is 14.6. The van der Waals surface area contributed by atoms with Crippen molar-refractivity contribution in [3.63, 3.8) is 0 Å². The Balaban J connectivity index is 1.50. The molecule has 2 N–H and O–H groups in total. The predicted octanol–water partition coefficient (Wildman–Crippen LogP) is 2.91. The van der Waals surface area contributed by atoms with E-state index in [1.807, 2.05) is 42.5 Å². The van der Waals surface area contributed by atoms with Crippen LogP contribution in [0.3, 0.4) is 0 Å². The highest BCUT2D eigenvalue weighted by molar-refractivity contribution is 5.94. The number of quaternary nitrogens is 1. The summed E-state index contributed by atoms with van der Waals surface area (Å²) in [5, 5.41) is 3.14. The molecule has 2 saturated heterocycles. The molecule has 4 rings (SSSR count). The predicted molar refractivity (Wildman–Crippen MR) is 113 cm³/mol. The summed E-state index contributed by atoms with van der Waals surface area (Å²) in [6, 6.07) is 18.0. The van der Waals surface area contributed by atoms with Gasteiger partial charge in [-0.05, 0) is 23.6 Å². The molecule has 154 valence electrons. The van der Waals surface area contributed by atoms with Gasteiger partial charge in [0.25, 0.3) is 5.91 Å². The van der Waals surface area contributed by atoms with Gasteiger partial charge in [0, 0.05) is 11.3 Å². The Morgan fingerprint density at radius 1 is 0.931 bits per heavy atom. The molecule has 2 aromatic carbocycles. The van der Waals surface area contributed by atoms with Crippen molar-refractivity contribution in [2.45, 2.75) is 44.4 Å². The van der Waals surface area contributed by atoms with Gasteiger partial charge in [0.05, 0.1) is 39.1 Å². The monoisotopic (exact) mass is 395 g/mol. The molecular formula is C24H31N2O3+. The van der Waals surface area contributed by atoms with E-state index >= 15 is 0 Å². The number of anilines is 1. The lowest BCUT2D eigenvalue weighted by Crippen LogP contribution is -3.15. The summed E-state index contributed by atoms with van der Waals surface area (Å²) in [5.41, 5.74) is 3.16. The molecule has 0 bridgehead atoms. The summed E-state index contributed by atoms with van der Waals surface area (Å²) in [7, 11) is 0. The average molecular weight is 396 g/mol. The summed E-state index contributed by atoms with van der Waals surface area (Å²) < 4.78 is 11.7. The molecule has 2 aliphatic heterocycles. The zero-order valence-electron chi connectivity index (χ0n) is 17.3. The van der Waals surface area contributed by atoms with E-state index in [9.17, 15) is 4.79 Å². The third-order valence-corrected chi connectivity index (χ3v) is 6.12. The molecule has 0 aliphatic carbocycles. The Hall–Kier alpha value is -2.21. The molecule has 0 saturated carbocycles. The van der Waals surface area contributed by atoms with E-state index in [0.717, 1.165) is 37.2 Å². The van der Waals surface area contributed by atoms with Gasteiger partial charge in [-0.25, -0.2) is 0 Å². The van der Waals surface area contributed by atoms with Crippen molar-refractivity contribution in [1.82, 2.24) is 0 Å². The number of nitrogens with one attached hydrogen (secondary N) is 2. The Morgan fingerprint density at radius 3 is 2.14 bits per heavy atom. The van der Waals surface area contributed by atoms with E-state index in [0.29, 0.717) is 19.1 Å². The van der Waals surface area contributed by atoms with Crippen LogP contribution in [-0.4, -0.2) is 38.0 Å². The molecule has 5 nitrogen and oxygen atoms in total. The fourth-order valence-electron chi connectivity index (χ4n) is 4.41. The van der Waals surface area contributed by atoms with E-state index in [1.54, 1.807) is 0 Å². The summed E-state index contributed by atoms with van der Waals surface area (Å²) in [5.74, 6) is 0.0862. The molecule has 0 radical (unpaired) electrons. The maximum absolute atomic E-state index is 13.3. The van der Waals surface area contributed by atoms with E-state index in [-0.39, 0.29) is 11.9 Å². The van der Waals surface area contributed by atoms with Gasteiger partial charge in [-0.1, -0.05) is 56.3 Å². The second-order valence-corrected chi connectivity index (χ2v) is 8.38. The van der Waals surface area contributed by atoms with Gasteiger partial charge in [0.15, 0.2) is 11.8 Å². The second kappa shape index (κ2) is 8.66. The second-order valence-electron chi connectivity index (χ2n) is 8.38. The van der Waals surface area contributed by atoms with Crippen LogP contribution in [0, 0.1) is 0 Å². The van der Waals surface area contributed by atoms with Crippen LogP contribution in [0.2, 0.25) is 0 Å².